The van der Waals surface area contributed by atoms with E-state index in [2.05, 4.69) is 0 Å². The summed E-state index contributed by atoms with van der Waals surface area (Å²) in [5, 5.41) is 0. The molecule has 0 aliphatic rings. The molecule has 0 saturated carbocycles. The Hall–Kier alpha value is -0.480. The molecule has 0 radical (unpaired) electrons. The molecule has 0 aliphatic heterocycles. The van der Waals surface area contributed by atoms with Gasteiger partial charge in [-0.25, -0.2) is 16.8 Å². The van der Waals surface area contributed by atoms with E-state index in [1.54, 1.807) is 24.3 Å². The van der Waals surface area contributed by atoms with E-state index >= 15 is 0 Å². The van der Waals surface area contributed by atoms with Crippen molar-refractivity contribution < 1.29 is 25.9 Å². The second kappa shape index (κ2) is 10.2. The van der Waals surface area contributed by atoms with Crippen molar-refractivity contribution in [2.24, 2.45) is 0 Å². The van der Waals surface area contributed by atoms with E-state index in [0.29, 0.717) is 0 Å². The monoisotopic (exact) mass is 466 g/mol. The molecule has 0 heterocycles. The molecule has 0 aromatic heterocycles. The van der Waals surface area contributed by atoms with E-state index in [1.165, 1.54) is 24.3 Å². The molecule has 0 aliphatic carbocycles. The second-order valence-electron chi connectivity index (χ2n) is 8.46. The van der Waals surface area contributed by atoms with Crippen LogP contribution < -0.4 is 0 Å². The Balaban J connectivity index is 0.000000523. The minimum Gasteiger partial charge on any atom is -0.744 e. The van der Waals surface area contributed by atoms with Crippen molar-refractivity contribution in [1.29, 1.82) is 0 Å². The topological polar surface area (TPSA) is 114 Å². The molecule has 6 nitrogen and oxygen atoms in total. The van der Waals surface area contributed by atoms with Gasteiger partial charge in [-0.15, -0.1) is 0 Å². The largest absolute Gasteiger partial charge is 2.00 e. The van der Waals surface area contributed by atoms with Gasteiger partial charge < -0.3 is 9.11 Å². The zero-order valence-corrected chi connectivity index (χ0v) is 21.4. The number of benzene rings is 2. The Morgan fingerprint density at radius 1 is 0.552 bits per heavy atom. The zero-order chi connectivity index (χ0) is 22.0. The van der Waals surface area contributed by atoms with Crippen molar-refractivity contribution in [3.8, 4) is 0 Å². The van der Waals surface area contributed by atoms with Crippen LogP contribution in [0.25, 0.3) is 0 Å². The molecule has 2 rings (SSSR count). The average molecular weight is 467 g/mol. The molecular weight excluding hydrogens is 440 g/mol. The van der Waals surface area contributed by atoms with Gasteiger partial charge in [-0.05, 0) is 46.2 Å². The fraction of sp³-hybridized carbons (Fsp3) is 0.400. The van der Waals surface area contributed by atoms with Gasteiger partial charge in [-0.1, -0.05) is 65.8 Å². The van der Waals surface area contributed by atoms with Crippen LogP contribution in [-0.4, -0.2) is 63.7 Å². The third kappa shape index (κ3) is 9.46. The van der Waals surface area contributed by atoms with E-state index in [4.69, 9.17) is 0 Å². The summed E-state index contributed by atoms with van der Waals surface area (Å²) in [5.41, 5.74) is 1.94. The number of hydrogen-bond acceptors (Lipinski definition) is 6. The van der Waals surface area contributed by atoms with Crippen LogP contribution in [0.2, 0.25) is 0 Å². The third-order valence-electron chi connectivity index (χ3n) is 4.02. The molecular formula is C20H26CaO6S2. The van der Waals surface area contributed by atoms with Crippen LogP contribution >= 0.6 is 0 Å². The zero-order valence-electron chi connectivity index (χ0n) is 17.6. The quantitative estimate of drug-likeness (QED) is 0.495. The van der Waals surface area contributed by atoms with Crippen LogP contribution in [0.5, 0.6) is 0 Å². The molecule has 0 amide bonds. The molecule has 0 fully saturated rings. The predicted molar refractivity (Wildman–Crippen MR) is 112 cm³/mol. The van der Waals surface area contributed by atoms with Gasteiger partial charge in [0, 0.05) is 0 Å². The maximum atomic E-state index is 10.6. The van der Waals surface area contributed by atoms with Gasteiger partial charge in [-0.2, -0.15) is 0 Å². The molecule has 156 valence electrons. The summed E-state index contributed by atoms with van der Waals surface area (Å²) in [5.74, 6) is 0. The molecule has 0 N–H and O–H groups in total. The van der Waals surface area contributed by atoms with Crippen molar-refractivity contribution in [3.63, 3.8) is 0 Å². The fourth-order valence-corrected chi connectivity index (χ4v) is 3.18. The summed E-state index contributed by atoms with van der Waals surface area (Å²) in [7, 11) is -8.63. The van der Waals surface area contributed by atoms with Crippen LogP contribution in [0.1, 0.15) is 52.7 Å². The van der Waals surface area contributed by atoms with Crippen molar-refractivity contribution in [1.82, 2.24) is 0 Å². The minimum absolute atomic E-state index is 0. The van der Waals surface area contributed by atoms with Crippen molar-refractivity contribution in [3.05, 3.63) is 59.7 Å². The normalized spacial score (nSPS) is 12.4. The summed E-state index contributed by atoms with van der Waals surface area (Å²) in [4.78, 5) is -0.351. The predicted octanol–water partition coefficient (Wildman–Crippen LogP) is 3.40. The van der Waals surface area contributed by atoms with Crippen molar-refractivity contribution >= 4 is 58.0 Å². The Morgan fingerprint density at radius 3 is 0.897 bits per heavy atom. The van der Waals surface area contributed by atoms with E-state index < -0.39 is 20.2 Å². The van der Waals surface area contributed by atoms with Gasteiger partial charge in [0.1, 0.15) is 20.2 Å². The van der Waals surface area contributed by atoms with Gasteiger partial charge in [0.15, 0.2) is 0 Å². The number of hydrogen-bond donors (Lipinski definition) is 0. The van der Waals surface area contributed by atoms with Gasteiger partial charge in [-0.3, -0.25) is 0 Å². The minimum atomic E-state index is -4.32. The van der Waals surface area contributed by atoms with Crippen LogP contribution in [0, 0.1) is 0 Å². The SMILES string of the molecule is CC(C)(C)c1ccc(S(=O)(=O)[O-])cc1.CC(C)(C)c1ccc(S(=O)(=O)[O-])cc1.[Ca+2]. The van der Waals surface area contributed by atoms with E-state index in [9.17, 15) is 25.9 Å². The fourth-order valence-electron chi connectivity index (χ4n) is 2.24. The first-order chi connectivity index (χ1) is 12.4. The van der Waals surface area contributed by atoms with Crippen LogP contribution in [0.3, 0.4) is 0 Å². The maximum absolute atomic E-state index is 10.6. The Morgan fingerprint density at radius 2 is 0.759 bits per heavy atom. The summed E-state index contributed by atoms with van der Waals surface area (Å²) in [6.45, 7) is 12.1. The first-order valence-corrected chi connectivity index (χ1v) is 11.4. The van der Waals surface area contributed by atoms with E-state index in [1.807, 2.05) is 41.5 Å². The van der Waals surface area contributed by atoms with Crippen molar-refractivity contribution in [2.45, 2.75) is 62.2 Å². The van der Waals surface area contributed by atoms with E-state index in [-0.39, 0.29) is 58.4 Å². The Kier molecular flexibility index (Phi) is 10.0. The molecule has 0 atom stereocenters. The van der Waals surface area contributed by atoms with E-state index in [0.717, 1.165) is 11.1 Å². The maximum Gasteiger partial charge on any atom is 2.00 e. The van der Waals surface area contributed by atoms with Crippen molar-refractivity contribution in [2.75, 3.05) is 0 Å². The summed E-state index contributed by atoms with van der Waals surface area (Å²) in [6, 6.07) is 12.1. The Bertz CT molecular complexity index is 911. The molecule has 0 bridgehead atoms. The molecule has 2 aromatic rings. The molecule has 0 unspecified atom stereocenters. The standard InChI is InChI=1S/2C10H14O3S.Ca/c2*1-10(2,3)8-4-6-9(7-5-8)14(11,12)13;/h2*4-7H,1-3H3,(H,11,12,13);/q;;+2/p-2. The van der Waals surface area contributed by atoms with Crippen LogP contribution in [0.4, 0.5) is 0 Å². The summed E-state index contributed by atoms with van der Waals surface area (Å²) < 4.78 is 63.8. The smallest absolute Gasteiger partial charge is 0.744 e. The van der Waals surface area contributed by atoms with Gasteiger partial charge in [0.25, 0.3) is 0 Å². The first kappa shape index (κ1) is 28.5. The molecule has 0 spiro atoms. The average Bonchev–Trinajstić information content (AvgIpc) is 2.52. The molecule has 9 heteroatoms. The third-order valence-corrected chi connectivity index (χ3v) is 5.72. The van der Waals surface area contributed by atoms with Crippen LogP contribution in [-0.2, 0) is 31.1 Å². The van der Waals surface area contributed by atoms with Gasteiger partial charge >= 0.3 is 37.7 Å². The summed E-state index contributed by atoms with van der Waals surface area (Å²) >= 11 is 0. The number of rotatable bonds is 2. The van der Waals surface area contributed by atoms with Crippen LogP contribution in [0.15, 0.2) is 58.3 Å². The summed E-state index contributed by atoms with van der Waals surface area (Å²) in [6.07, 6.45) is 0. The first-order valence-electron chi connectivity index (χ1n) is 8.55. The molecule has 0 saturated heterocycles. The van der Waals surface area contributed by atoms with Gasteiger partial charge in [0.2, 0.25) is 0 Å². The molecule has 2 aromatic carbocycles. The van der Waals surface area contributed by atoms with Gasteiger partial charge in [0.05, 0.1) is 9.79 Å². The second-order valence-corrected chi connectivity index (χ2v) is 11.2. The Labute approximate surface area is 204 Å². The molecule has 29 heavy (non-hydrogen) atoms.